The molecule has 1 aromatic heterocycles. The van der Waals surface area contributed by atoms with Crippen molar-refractivity contribution < 1.29 is 14.1 Å². The maximum absolute atomic E-state index is 13.3. The van der Waals surface area contributed by atoms with Crippen LogP contribution in [0.4, 0.5) is 0 Å². The van der Waals surface area contributed by atoms with Crippen LogP contribution >= 0.6 is 0 Å². The van der Waals surface area contributed by atoms with Crippen LogP contribution in [-0.2, 0) is 16.0 Å². The van der Waals surface area contributed by atoms with Gasteiger partial charge in [-0.25, -0.2) is 0 Å². The normalized spacial score (nSPS) is 23.3. The van der Waals surface area contributed by atoms with Crippen molar-refractivity contribution in [1.29, 1.82) is 0 Å². The molecule has 1 atom stereocenters. The van der Waals surface area contributed by atoms with Gasteiger partial charge in [0.1, 0.15) is 11.5 Å². The van der Waals surface area contributed by atoms with Crippen LogP contribution in [-0.4, -0.2) is 40.5 Å². The van der Waals surface area contributed by atoms with E-state index in [1.807, 2.05) is 36.4 Å². The Morgan fingerprint density at radius 2 is 1.96 bits per heavy atom. The third-order valence-electron chi connectivity index (χ3n) is 6.29. The van der Waals surface area contributed by atoms with Crippen molar-refractivity contribution in [3.63, 3.8) is 0 Å². The van der Waals surface area contributed by atoms with Crippen LogP contribution in [0.5, 0.6) is 0 Å². The third-order valence-corrected chi connectivity index (χ3v) is 6.29. The molecule has 2 amide bonds. The molecule has 1 saturated heterocycles. The highest BCUT2D eigenvalue weighted by atomic mass is 16.5. The zero-order valence-electron chi connectivity index (χ0n) is 16.5. The highest BCUT2D eigenvalue weighted by Crippen LogP contribution is 2.38. The summed E-state index contributed by atoms with van der Waals surface area (Å²) in [7, 11) is 0. The Bertz CT molecular complexity index is 872. The summed E-state index contributed by atoms with van der Waals surface area (Å²) in [6.07, 6.45) is 4.23. The molecule has 148 valence electrons. The van der Waals surface area contributed by atoms with Crippen molar-refractivity contribution in [2.45, 2.75) is 51.5 Å². The van der Waals surface area contributed by atoms with Crippen LogP contribution in [0.3, 0.4) is 0 Å². The summed E-state index contributed by atoms with van der Waals surface area (Å²) >= 11 is 0. The van der Waals surface area contributed by atoms with Gasteiger partial charge >= 0.3 is 0 Å². The van der Waals surface area contributed by atoms with E-state index in [0.29, 0.717) is 31.7 Å². The number of amides is 2. The van der Waals surface area contributed by atoms with E-state index in [-0.39, 0.29) is 17.4 Å². The second kappa shape index (κ2) is 7.08. The summed E-state index contributed by atoms with van der Waals surface area (Å²) < 4.78 is 5.59. The molecule has 2 aromatic rings. The minimum Gasteiger partial charge on any atom is -0.361 e. The first-order chi connectivity index (χ1) is 13.4. The number of hydrogen-bond donors (Lipinski definition) is 1. The molecule has 1 aromatic carbocycles. The van der Waals surface area contributed by atoms with Gasteiger partial charge in [0.2, 0.25) is 11.8 Å². The first-order valence-electron chi connectivity index (χ1n) is 9.98. The molecular weight excluding hydrogens is 354 g/mol. The Morgan fingerprint density at radius 3 is 2.57 bits per heavy atom. The van der Waals surface area contributed by atoms with E-state index in [4.69, 9.17) is 4.52 Å². The third kappa shape index (κ3) is 3.55. The molecule has 1 N–H and O–H groups in total. The number of carbonyl (C=O) groups is 2. The lowest BCUT2D eigenvalue weighted by molar-refractivity contribution is -0.134. The summed E-state index contributed by atoms with van der Waals surface area (Å²) in [6.45, 7) is 4.68. The summed E-state index contributed by atoms with van der Waals surface area (Å²) in [5.74, 6) is 0.710. The van der Waals surface area contributed by atoms with Gasteiger partial charge in [0.15, 0.2) is 0 Å². The molecule has 1 aliphatic heterocycles. The molecule has 0 spiro atoms. The van der Waals surface area contributed by atoms with E-state index < -0.39 is 5.41 Å². The molecule has 2 fully saturated rings. The van der Waals surface area contributed by atoms with Gasteiger partial charge < -0.3 is 14.7 Å². The number of hydrogen-bond acceptors (Lipinski definition) is 4. The van der Waals surface area contributed by atoms with E-state index in [1.54, 1.807) is 11.8 Å². The predicted octanol–water partition coefficient (Wildman–Crippen LogP) is 3.18. The molecule has 1 saturated carbocycles. The maximum atomic E-state index is 13.3. The molecule has 0 unspecified atom stereocenters. The lowest BCUT2D eigenvalue weighted by atomic mass is 9.75. The van der Waals surface area contributed by atoms with Crippen LogP contribution in [0.25, 0.3) is 11.3 Å². The Kier molecular flexibility index (Phi) is 4.73. The van der Waals surface area contributed by atoms with Crippen molar-refractivity contribution in [3.8, 4) is 11.3 Å². The van der Waals surface area contributed by atoms with Gasteiger partial charge in [0, 0.05) is 43.6 Å². The average Bonchev–Trinajstić information content (AvgIpc) is 3.30. The molecule has 0 radical (unpaired) electrons. The maximum Gasteiger partial charge on any atom is 0.228 e. The minimum absolute atomic E-state index is 0.00655. The number of carbonyl (C=O) groups excluding carboxylic acids is 2. The van der Waals surface area contributed by atoms with Gasteiger partial charge in [-0.15, -0.1) is 0 Å². The number of likely N-dealkylation sites (tertiary alicyclic amines) is 1. The topological polar surface area (TPSA) is 75.4 Å². The largest absolute Gasteiger partial charge is 0.361 e. The summed E-state index contributed by atoms with van der Waals surface area (Å²) in [5.41, 5.74) is 0.954. The Labute approximate surface area is 165 Å². The van der Waals surface area contributed by atoms with Crippen molar-refractivity contribution in [2.24, 2.45) is 5.41 Å². The Morgan fingerprint density at radius 1 is 1.21 bits per heavy atom. The zero-order valence-corrected chi connectivity index (χ0v) is 16.5. The highest BCUT2D eigenvalue weighted by molar-refractivity contribution is 5.86. The van der Waals surface area contributed by atoms with Crippen LogP contribution in [0.1, 0.15) is 45.3 Å². The lowest BCUT2D eigenvalue weighted by Crippen LogP contribution is -2.56. The van der Waals surface area contributed by atoms with Gasteiger partial charge in [0.05, 0.1) is 5.41 Å². The molecule has 2 aliphatic rings. The fourth-order valence-corrected chi connectivity index (χ4v) is 4.26. The number of nitrogens with zero attached hydrogens (tertiary/aromatic N) is 2. The van der Waals surface area contributed by atoms with Gasteiger partial charge in [-0.1, -0.05) is 35.5 Å². The van der Waals surface area contributed by atoms with Crippen LogP contribution in [0.15, 0.2) is 40.9 Å². The van der Waals surface area contributed by atoms with Crippen molar-refractivity contribution >= 4 is 11.8 Å². The number of benzene rings is 1. The fraction of sp³-hybridized carbons (Fsp3) is 0.500. The quantitative estimate of drug-likeness (QED) is 0.863. The smallest absolute Gasteiger partial charge is 0.228 e. The van der Waals surface area contributed by atoms with Crippen LogP contribution in [0.2, 0.25) is 0 Å². The second-order valence-electron chi connectivity index (χ2n) is 8.56. The molecule has 6 heteroatoms. The van der Waals surface area contributed by atoms with Crippen molar-refractivity contribution in [1.82, 2.24) is 15.4 Å². The van der Waals surface area contributed by atoms with Crippen molar-refractivity contribution in [3.05, 3.63) is 42.2 Å². The standard InChI is InChI=1S/C22H27N3O3/c1-16(26)25-12-11-22(15-25,20(27)23-21(2)9-6-10-21)14-18-13-19(24-28-18)17-7-4-3-5-8-17/h3-5,7-8,13H,6,9-12,14-15H2,1-2H3,(H,23,27)/t22-/m1/s1. The molecule has 28 heavy (non-hydrogen) atoms. The van der Waals surface area contributed by atoms with Crippen LogP contribution in [0, 0.1) is 5.41 Å². The van der Waals surface area contributed by atoms with E-state index in [1.165, 1.54) is 0 Å². The summed E-state index contributed by atoms with van der Waals surface area (Å²) in [6, 6.07) is 11.7. The number of nitrogens with one attached hydrogen (secondary N) is 1. The van der Waals surface area contributed by atoms with E-state index in [2.05, 4.69) is 17.4 Å². The first kappa shape index (κ1) is 18.7. The highest BCUT2D eigenvalue weighted by Gasteiger charge is 2.48. The van der Waals surface area contributed by atoms with Gasteiger partial charge in [-0.3, -0.25) is 9.59 Å². The van der Waals surface area contributed by atoms with E-state index in [0.717, 1.165) is 30.5 Å². The van der Waals surface area contributed by atoms with E-state index in [9.17, 15) is 9.59 Å². The van der Waals surface area contributed by atoms with Crippen molar-refractivity contribution in [2.75, 3.05) is 13.1 Å². The molecule has 4 rings (SSSR count). The lowest BCUT2D eigenvalue weighted by Gasteiger charge is -2.42. The summed E-state index contributed by atoms with van der Waals surface area (Å²) in [4.78, 5) is 27.0. The molecule has 2 heterocycles. The predicted molar refractivity (Wildman–Crippen MR) is 105 cm³/mol. The molecule has 6 nitrogen and oxygen atoms in total. The molecule has 0 bridgehead atoms. The second-order valence-corrected chi connectivity index (χ2v) is 8.56. The zero-order chi connectivity index (χ0) is 19.8. The Balaban J connectivity index is 1.57. The average molecular weight is 381 g/mol. The monoisotopic (exact) mass is 381 g/mol. The van der Waals surface area contributed by atoms with E-state index >= 15 is 0 Å². The molecular formula is C22H27N3O3. The fourth-order valence-electron chi connectivity index (χ4n) is 4.26. The molecule has 1 aliphatic carbocycles. The number of rotatable bonds is 5. The summed E-state index contributed by atoms with van der Waals surface area (Å²) in [5, 5.41) is 7.44. The van der Waals surface area contributed by atoms with Crippen LogP contribution < -0.4 is 5.32 Å². The Hall–Kier alpha value is -2.63. The van der Waals surface area contributed by atoms with Gasteiger partial charge in [0.25, 0.3) is 0 Å². The van der Waals surface area contributed by atoms with Gasteiger partial charge in [-0.05, 0) is 32.6 Å². The SMILES string of the molecule is CC(=O)N1CC[C@](Cc2cc(-c3ccccc3)no2)(C(=O)NC2(C)CCC2)C1. The minimum atomic E-state index is -0.669. The number of aromatic nitrogens is 1. The van der Waals surface area contributed by atoms with Gasteiger partial charge in [-0.2, -0.15) is 0 Å². The first-order valence-corrected chi connectivity index (χ1v) is 9.98.